The van der Waals surface area contributed by atoms with Crippen molar-refractivity contribution in [1.29, 1.82) is 5.26 Å². The number of aromatic amines is 2. The van der Waals surface area contributed by atoms with Crippen LogP contribution in [0.2, 0.25) is 0 Å². The van der Waals surface area contributed by atoms with E-state index >= 15 is 0 Å². The molecular weight excluding hydrogens is 366 g/mol. The highest BCUT2D eigenvalue weighted by Gasteiger charge is 2.19. The van der Waals surface area contributed by atoms with Crippen molar-refractivity contribution >= 4 is 27.9 Å². The summed E-state index contributed by atoms with van der Waals surface area (Å²) in [4.78, 5) is 38.4. The van der Waals surface area contributed by atoms with E-state index in [0.29, 0.717) is 33.1 Å². The molecule has 9 heteroatoms. The van der Waals surface area contributed by atoms with Crippen molar-refractivity contribution in [2.45, 2.75) is 19.3 Å². The third-order valence-electron chi connectivity index (χ3n) is 4.22. The number of fused-ring (bicyclic) bond motifs is 2. The van der Waals surface area contributed by atoms with Crippen LogP contribution in [0.3, 0.4) is 0 Å². The van der Waals surface area contributed by atoms with Crippen molar-refractivity contribution in [3.8, 4) is 6.07 Å². The summed E-state index contributed by atoms with van der Waals surface area (Å²) in [5.74, 6) is -1.67. The molecule has 1 unspecified atom stereocenters. The number of hydrogen-bond donors (Lipinski definition) is 3. The maximum Gasteiger partial charge on any atom is 0.310 e. The van der Waals surface area contributed by atoms with Gasteiger partial charge in [-0.05, 0) is 19.1 Å². The molecular formula is C19H15N3O6. The zero-order chi connectivity index (χ0) is 20.3. The molecule has 1 atom stereocenters. The number of aromatic nitrogens is 2. The van der Waals surface area contributed by atoms with E-state index < -0.39 is 11.9 Å². The molecule has 0 amide bonds. The van der Waals surface area contributed by atoms with Crippen LogP contribution in [-0.2, 0) is 11.2 Å². The molecule has 4 aromatic rings. The molecule has 0 fully saturated rings. The van der Waals surface area contributed by atoms with Gasteiger partial charge in [0.25, 0.3) is 11.1 Å². The Morgan fingerprint density at radius 1 is 1.11 bits per heavy atom. The van der Waals surface area contributed by atoms with Gasteiger partial charge >= 0.3 is 5.97 Å². The predicted molar refractivity (Wildman–Crippen MR) is 99.0 cm³/mol. The molecule has 3 N–H and O–H groups in total. The molecule has 0 bridgehead atoms. The highest BCUT2D eigenvalue weighted by atomic mass is 16.4. The van der Waals surface area contributed by atoms with Gasteiger partial charge < -0.3 is 23.9 Å². The van der Waals surface area contributed by atoms with Crippen molar-refractivity contribution < 1.29 is 18.7 Å². The van der Waals surface area contributed by atoms with Gasteiger partial charge in [0.15, 0.2) is 0 Å². The highest BCUT2D eigenvalue weighted by Crippen LogP contribution is 2.23. The minimum atomic E-state index is -0.959. The van der Waals surface area contributed by atoms with Crippen molar-refractivity contribution in [3.63, 3.8) is 0 Å². The Labute approximate surface area is 156 Å². The van der Waals surface area contributed by atoms with Gasteiger partial charge in [-0.1, -0.05) is 0 Å². The molecule has 0 radical (unpaired) electrons. The number of furan rings is 2. The minimum Gasteiger partial charge on any atom is -0.481 e. The third kappa shape index (κ3) is 3.43. The molecule has 28 heavy (non-hydrogen) atoms. The fourth-order valence-corrected chi connectivity index (χ4v) is 2.70. The number of carbonyl (C=O) groups is 1. The van der Waals surface area contributed by atoms with Crippen LogP contribution in [-0.4, -0.2) is 21.0 Å². The fourth-order valence-electron chi connectivity index (χ4n) is 2.70. The smallest absolute Gasteiger partial charge is 0.310 e. The van der Waals surface area contributed by atoms with E-state index in [1.165, 1.54) is 37.9 Å². The molecule has 0 aliphatic heterocycles. The van der Waals surface area contributed by atoms with Gasteiger partial charge in [0.05, 0.1) is 41.7 Å². The summed E-state index contributed by atoms with van der Waals surface area (Å²) >= 11 is 0. The van der Waals surface area contributed by atoms with Crippen LogP contribution in [0.5, 0.6) is 0 Å². The number of pyridine rings is 2. The molecule has 4 aromatic heterocycles. The van der Waals surface area contributed by atoms with Gasteiger partial charge in [0.2, 0.25) is 0 Å². The van der Waals surface area contributed by atoms with Crippen LogP contribution in [0, 0.1) is 11.3 Å². The van der Waals surface area contributed by atoms with E-state index in [9.17, 15) is 14.4 Å². The van der Waals surface area contributed by atoms with Crippen molar-refractivity contribution in [2.75, 3.05) is 0 Å². The Balaban J connectivity index is 0.000000162. The third-order valence-corrected chi connectivity index (χ3v) is 4.22. The summed E-state index contributed by atoms with van der Waals surface area (Å²) in [6.07, 6.45) is 5.95. The van der Waals surface area contributed by atoms with Crippen molar-refractivity contribution in [1.82, 2.24) is 9.97 Å². The van der Waals surface area contributed by atoms with Crippen molar-refractivity contribution in [2.24, 2.45) is 0 Å². The summed E-state index contributed by atoms with van der Waals surface area (Å²) in [6, 6.07) is 5.12. The first kappa shape index (κ1) is 18.7. The maximum atomic E-state index is 11.3. The van der Waals surface area contributed by atoms with E-state index in [-0.39, 0.29) is 17.5 Å². The van der Waals surface area contributed by atoms with Gasteiger partial charge in [0, 0.05) is 23.5 Å². The molecule has 9 nitrogen and oxygen atoms in total. The number of rotatable bonds is 3. The average molecular weight is 381 g/mol. The molecule has 142 valence electrons. The first-order chi connectivity index (χ1) is 13.4. The fraction of sp³-hybridized carbons (Fsp3) is 0.158. The van der Waals surface area contributed by atoms with Crippen LogP contribution in [0.15, 0.2) is 55.5 Å². The summed E-state index contributed by atoms with van der Waals surface area (Å²) in [5, 5.41) is 18.2. The molecule has 4 heterocycles. The van der Waals surface area contributed by atoms with Gasteiger partial charge in [-0.2, -0.15) is 5.26 Å². The Morgan fingerprint density at radius 2 is 1.68 bits per heavy atom. The number of nitrogens with one attached hydrogen (secondary N) is 2. The monoisotopic (exact) mass is 381 g/mol. The van der Waals surface area contributed by atoms with Crippen LogP contribution < -0.4 is 11.1 Å². The van der Waals surface area contributed by atoms with E-state index in [2.05, 4.69) is 9.97 Å². The van der Waals surface area contributed by atoms with Crippen LogP contribution in [0.1, 0.15) is 24.0 Å². The number of H-pyrrole nitrogens is 2. The lowest BCUT2D eigenvalue weighted by Gasteiger charge is -2.05. The Morgan fingerprint density at radius 3 is 2.29 bits per heavy atom. The number of aliphatic carboxylic acids is 1. The van der Waals surface area contributed by atoms with E-state index in [4.69, 9.17) is 19.2 Å². The number of nitrogens with zero attached hydrogens (tertiary/aromatic N) is 1. The summed E-state index contributed by atoms with van der Waals surface area (Å²) in [6.45, 7) is 1.54. The van der Waals surface area contributed by atoms with Crippen LogP contribution in [0.4, 0.5) is 0 Å². The Bertz CT molecular complexity index is 1300. The first-order valence-electron chi connectivity index (χ1n) is 8.20. The summed E-state index contributed by atoms with van der Waals surface area (Å²) in [7, 11) is 0. The molecule has 0 aliphatic rings. The molecule has 0 aromatic carbocycles. The lowest BCUT2D eigenvalue weighted by molar-refractivity contribution is -0.138. The Kier molecular flexibility index (Phi) is 5.13. The molecule has 0 spiro atoms. The Hall–Kier alpha value is -4.06. The van der Waals surface area contributed by atoms with Crippen molar-refractivity contribution in [3.05, 3.63) is 68.9 Å². The van der Waals surface area contributed by atoms with Crippen LogP contribution >= 0.6 is 0 Å². The minimum absolute atomic E-state index is 0.189. The van der Waals surface area contributed by atoms with Gasteiger partial charge in [-0.3, -0.25) is 14.4 Å². The number of carboxylic acid groups (broad SMARTS) is 1. The molecule has 0 aliphatic carbocycles. The number of hydrogen-bond acceptors (Lipinski definition) is 6. The lowest BCUT2D eigenvalue weighted by Crippen LogP contribution is -2.12. The first-order valence-corrected chi connectivity index (χ1v) is 8.20. The number of nitriles is 1. The second-order valence-corrected chi connectivity index (χ2v) is 5.94. The second kappa shape index (κ2) is 7.67. The molecule has 0 saturated carbocycles. The average Bonchev–Trinajstić information content (AvgIpc) is 3.35. The zero-order valence-electron chi connectivity index (χ0n) is 14.7. The van der Waals surface area contributed by atoms with E-state index in [0.717, 1.165) is 0 Å². The zero-order valence-corrected chi connectivity index (χ0v) is 14.7. The second-order valence-electron chi connectivity index (χ2n) is 5.94. The highest BCUT2D eigenvalue weighted by molar-refractivity contribution is 5.85. The summed E-state index contributed by atoms with van der Waals surface area (Å²) in [5.41, 5.74) is 1.56. The SMILES string of the molecule is CC(C(=O)O)c1c[nH]c(=O)c2ccoc12.N#CCc1c[nH]c(=O)c2ccoc12. The van der Waals surface area contributed by atoms with E-state index in [1.807, 2.05) is 6.07 Å². The predicted octanol–water partition coefficient (Wildman–Crippen LogP) is 2.50. The summed E-state index contributed by atoms with van der Waals surface area (Å²) < 4.78 is 10.2. The molecule has 0 saturated heterocycles. The van der Waals surface area contributed by atoms with E-state index in [1.54, 1.807) is 6.07 Å². The van der Waals surface area contributed by atoms with Gasteiger partial charge in [0.1, 0.15) is 11.2 Å². The van der Waals surface area contributed by atoms with Gasteiger partial charge in [-0.15, -0.1) is 0 Å². The number of carboxylic acids is 1. The van der Waals surface area contributed by atoms with Gasteiger partial charge in [-0.25, -0.2) is 0 Å². The van der Waals surface area contributed by atoms with Crippen LogP contribution in [0.25, 0.3) is 21.9 Å². The standard InChI is InChI=1S/C10H9NO4.C9H6N2O2/c1-5(10(13)14)7-4-11-9(12)6-2-3-15-8(6)7;10-3-1-6-5-11-9(12)7-2-4-13-8(6)7/h2-5H,1H3,(H,11,12)(H,13,14);2,4-5H,1H2,(H,11,12). The lowest BCUT2D eigenvalue weighted by atomic mass is 10.0. The largest absolute Gasteiger partial charge is 0.481 e. The maximum absolute atomic E-state index is 11.3. The quantitative estimate of drug-likeness (QED) is 0.492. The molecule has 4 rings (SSSR count). The topological polar surface area (TPSA) is 153 Å². The normalized spacial score (nSPS) is 11.6.